The molecule has 0 radical (unpaired) electrons. The predicted molar refractivity (Wildman–Crippen MR) is 93.2 cm³/mol. The smallest absolute Gasteiger partial charge is 0.0457 e. The number of nitrogens with zero attached hydrogens (tertiary/aromatic N) is 2. The Kier molecular flexibility index (Phi) is 5.48. The third kappa shape index (κ3) is 3.88. The lowest BCUT2D eigenvalue weighted by molar-refractivity contribution is 0.136. The highest BCUT2D eigenvalue weighted by Crippen LogP contribution is 2.16. The van der Waals surface area contributed by atoms with Crippen molar-refractivity contribution in [1.82, 2.24) is 20.1 Å². The van der Waals surface area contributed by atoms with Gasteiger partial charge >= 0.3 is 0 Å². The van der Waals surface area contributed by atoms with Gasteiger partial charge in [-0.15, -0.1) is 0 Å². The molecule has 4 nitrogen and oxygen atoms in total. The van der Waals surface area contributed by atoms with Gasteiger partial charge in [-0.25, -0.2) is 0 Å². The summed E-state index contributed by atoms with van der Waals surface area (Å²) in [5.74, 6) is 0. The molecule has 2 heterocycles. The molecular weight excluding hydrogens is 272 g/mol. The van der Waals surface area contributed by atoms with Crippen LogP contribution in [-0.4, -0.2) is 60.6 Å². The van der Waals surface area contributed by atoms with Crippen LogP contribution < -0.4 is 5.32 Å². The highest BCUT2D eigenvalue weighted by Gasteiger charge is 2.14. The molecule has 0 aliphatic carbocycles. The first-order valence-corrected chi connectivity index (χ1v) is 8.57. The number of H-pyrrole nitrogens is 1. The second-order valence-corrected chi connectivity index (χ2v) is 6.16. The number of nitrogens with one attached hydrogen (secondary N) is 2. The average Bonchev–Trinajstić information content (AvgIpc) is 3.04. The van der Waals surface area contributed by atoms with Gasteiger partial charge in [0.15, 0.2) is 0 Å². The van der Waals surface area contributed by atoms with Gasteiger partial charge in [-0.05, 0) is 43.8 Å². The molecule has 120 valence electrons. The van der Waals surface area contributed by atoms with Crippen molar-refractivity contribution in [3.63, 3.8) is 0 Å². The average molecular weight is 300 g/mol. The minimum atomic E-state index is 0.957. The number of piperazine rings is 1. The van der Waals surface area contributed by atoms with Crippen LogP contribution in [0, 0.1) is 0 Å². The number of aromatic amines is 1. The molecule has 4 heteroatoms. The molecule has 0 saturated carbocycles. The zero-order valence-electron chi connectivity index (χ0n) is 13.6. The first-order valence-electron chi connectivity index (χ1n) is 8.57. The van der Waals surface area contributed by atoms with Gasteiger partial charge in [-0.2, -0.15) is 0 Å². The Hall–Kier alpha value is -1.36. The van der Waals surface area contributed by atoms with E-state index in [1.807, 2.05) is 6.20 Å². The molecule has 0 spiro atoms. The van der Waals surface area contributed by atoms with E-state index in [0.717, 1.165) is 13.1 Å². The lowest BCUT2D eigenvalue weighted by atomic mass is 10.1. The Bertz CT molecular complexity index is 569. The molecule has 1 aromatic heterocycles. The molecule has 0 unspecified atom stereocenters. The number of benzene rings is 1. The molecule has 1 fully saturated rings. The van der Waals surface area contributed by atoms with E-state index in [2.05, 4.69) is 51.3 Å². The van der Waals surface area contributed by atoms with Crippen LogP contribution in [0.15, 0.2) is 30.5 Å². The lowest BCUT2D eigenvalue weighted by Gasteiger charge is -2.34. The summed E-state index contributed by atoms with van der Waals surface area (Å²) in [5.41, 5.74) is 2.61. The number of rotatable bonds is 7. The fraction of sp³-hybridized carbons (Fsp3) is 0.556. The molecular formula is C18H28N4. The van der Waals surface area contributed by atoms with Crippen molar-refractivity contribution in [2.45, 2.75) is 19.9 Å². The van der Waals surface area contributed by atoms with Crippen LogP contribution >= 0.6 is 0 Å². The van der Waals surface area contributed by atoms with Crippen molar-refractivity contribution >= 4 is 10.9 Å². The van der Waals surface area contributed by atoms with Crippen LogP contribution in [0.5, 0.6) is 0 Å². The van der Waals surface area contributed by atoms with E-state index < -0.39 is 0 Å². The van der Waals surface area contributed by atoms with Crippen molar-refractivity contribution in [2.24, 2.45) is 0 Å². The van der Waals surface area contributed by atoms with Crippen molar-refractivity contribution in [2.75, 3.05) is 45.8 Å². The van der Waals surface area contributed by atoms with Gasteiger partial charge in [0.25, 0.3) is 0 Å². The standard InChI is InChI=1S/C18H28N4/c1-2-21-11-13-22(14-12-21)10-4-8-19-15-16-5-3-6-18-17(16)7-9-20-18/h3,5-7,9,19-20H,2,4,8,10-15H2,1H3. The molecule has 0 atom stereocenters. The summed E-state index contributed by atoms with van der Waals surface area (Å²) in [6.45, 7) is 11.7. The van der Waals surface area contributed by atoms with Gasteiger partial charge in [0.1, 0.15) is 0 Å². The zero-order chi connectivity index (χ0) is 15.2. The van der Waals surface area contributed by atoms with E-state index in [1.54, 1.807) is 0 Å². The first kappa shape index (κ1) is 15.5. The summed E-state index contributed by atoms with van der Waals surface area (Å²) in [6.07, 6.45) is 3.25. The Morgan fingerprint density at radius 3 is 2.73 bits per heavy atom. The number of hydrogen-bond acceptors (Lipinski definition) is 3. The summed E-state index contributed by atoms with van der Waals surface area (Å²) < 4.78 is 0. The van der Waals surface area contributed by atoms with Crippen LogP contribution in [0.2, 0.25) is 0 Å². The highest BCUT2D eigenvalue weighted by atomic mass is 15.3. The Morgan fingerprint density at radius 1 is 1.09 bits per heavy atom. The largest absolute Gasteiger partial charge is 0.361 e. The van der Waals surface area contributed by atoms with Crippen LogP contribution in [0.1, 0.15) is 18.9 Å². The Balaban J connectivity index is 1.35. The van der Waals surface area contributed by atoms with Crippen LogP contribution in [0.4, 0.5) is 0 Å². The summed E-state index contributed by atoms with van der Waals surface area (Å²) in [5, 5.41) is 4.93. The third-order valence-electron chi connectivity index (χ3n) is 4.74. The maximum atomic E-state index is 3.59. The zero-order valence-corrected chi connectivity index (χ0v) is 13.6. The molecule has 2 aromatic rings. The SMILES string of the molecule is CCN1CCN(CCCNCc2cccc3[nH]ccc23)CC1. The molecule has 0 amide bonds. The summed E-state index contributed by atoms with van der Waals surface area (Å²) in [6, 6.07) is 8.64. The second-order valence-electron chi connectivity index (χ2n) is 6.16. The quantitative estimate of drug-likeness (QED) is 0.770. The highest BCUT2D eigenvalue weighted by molar-refractivity contribution is 5.82. The minimum absolute atomic E-state index is 0.957. The molecule has 1 aromatic carbocycles. The van der Waals surface area contributed by atoms with Crippen LogP contribution in [0.3, 0.4) is 0 Å². The van der Waals surface area contributed by atoms with Crippen molar-refractivity contribution in [3.8, 4) is 0 Å². The van der Waals surface area contributed by atoms with Crippen molar-refractivity contribution in [3.05, 3.63) is 36.0 Å². The predicted octanol–water partition coefficient (Wildman–Crippen LogP) is 2.29. The van der Waals surface area contributed by atoms with Gasteiger partial charge in [-0.3, -0.25) is 0 Å². The maximum absolute atomic E-state index is 3.59. The molecule has 1 aliphatic heterocycles. The lowest BCUT2D eigenvalue weighted by Crippen LogP contribution is -2.46. The topological polar surface area (TPSA) is 34.3 Å². The fourth-order valence-electron chi connectivity index (χ4n) is 3.28. The molecule has 1 aliphatic rings. The number of likely N-dealkylation sites (N-methyl/N-ethyl adjacent to an activating group) is 1. The van der Waals surface area contributed by atoms with E-state index in [4.69, 9.17) is 0 Å². The number of fused-ring (bicyclic) bond motifs is 1. The van der Waals surface area contributed by atoms with Gasteiger partial charge in [-0.1, -0.05) is 19.1 Å². The van der Waals surface area contributed by atoms with Crippen molar-refractivity contribution < 1.29 is 0 Å². The van der Waals surface area contributed by atoms with Crippen molar-refractivity contribution in [1.29, 1.82) is 0 Å². The number of aromatic nitrogens is 1. The maximum Gasteiger partial charge on any atom is 0.0457 e. The second kappa shape index (κ2) is 7.77. The van der Waals surface area contributed by atoms with E-state index in [0.29, 0.717) is 0 Å². The molecule has 2 N–H and O–H groups in total. The Labute approximate surface area is 133 Å². The van der Waals surface area contributed by atoms with E-state index in [-0.39, 0.29) is 0 Å². The van der Waals surface area contributed by atoms with Gasteiger partial charge in [0.05, 0.1) is 0 Å². The minimum Gasteiger partial charge on any atom is -0.361 e. The van der Waals surface area contributed by atoms with Crippen LogP contribution in [0.25, 0.3) is 10.9 Å². The van der Waals surface area contributed by atoms with Crippen LogP contribution in [-0.2, 0) is 6.54 Å². The summed E-state index contributed by atoms with van der Waals surface area (Å²) >= 11 is 0. The molecule has 22 heavy (non-hydrogen) atoms. The normalized spacial score (nSPS) is 17.3. The van der Waals surface area contributed by atoms with Gasteiger partial charge in [0.2, 0.25) is 0 Å². The molecule has 0 bridgehead atoms. The van der Waals surface area contributed by atoms with Gasteiger partial charge in [0, 0.05) is 49.8 Å². The van der Waals surface area contributed by atoms with E-state index in [1.165, 1.54) is 62.2 Å². The monoisotopic (exact) mass is 300 g/mol. The third-order valence-corrected chi connectivity index (χ3v) is 4.74. The summed E-state index contributed by atoms with van der Waals surface area (Å²) in [4.78, 5) is 8.41. The molecule has 1 saturated heterocycles. The first-order chi connectivity index (χ1) is 10.9. The fourth-order valence-corrected chi connectivity index (χ4v) is 3.28. The number of hydrogen-bond donors (Lipinski definition) is 2. The molecule has 3 rings (SSSR count). The van der Waals surface area contributed by atoms with E-state index in [9.17, 15) is 0 Å². The van der Waals surface area contributed by atoms with Gasteiger partial charge < -0.3 is 20.1 Å². The van der Waals surface area contributed by atoms with E-state index >= 15 is 0 Å². The Morgan fingerprint density at radius 2 is 1.91 bits per heavy atom. The summed E-state index contributed by atoms with van der Waals surface area (Å²) in [7, 11) is 0.